The Hall–Kier alpha value is -1.91. The van der Waals surface area contributed by atoms with Crippen molar-refractivity contribution < 1.29 is 9.72 Å². The summed E-state index contributed by atoms with van der Waals surface area (Å²) < 4.78 is 0. The molecule has 5 heteroatoms. The van der Waals surface area contributed by atoms with Crippen molar-refractivity contribution in [2.45, 2.75) is 45.6 Å². The van der Waals surface area contributed by atoms with Gasteiger partial charge in [0.15, 0.2) is 0 Å². The number of amides is 1. The molecular weight excluding hydrogens is 256 g/mol. The molecule has 1 aliphatic carbocycles. The van der Waals surface area contributed by atoms with Crippen LogP contribution in [0.25, 0.3) is 0 Å². The monoisotopic (exact) mass is 276 g/mol. The number of benzene rings is 1. The minimum atomic E-state index is -0.449. The van der Waals surface area contributed by atoms with Gasteiger partial charge in [-0.2, -0.15) is 0 Å². The predicted octanol–water partition coefficient (Wildman–Crippen LogP) is 3.21. The van der Waals surface area contributed by atoms with Crippen molar-refractivity contribution in [2.75, 3.05) is 0 Å². The summed E-state index contributed by atoms with van der Waals surface area (Å²) in [5, 5.41) is 13.9. The Morgan fingerprint density at radius 2 is 2.05 bits per heavy atom. The van der Waals surface area contributed by atoms with E-state index in [1.54, 1.807) is 19.1 Å². The molecule has 5 nitrogen and oxygen atoms in total. The second-order valence-corrected chi connectivity index (χ2v) is 5.60. The fourth-order valence-electron chi connectivity index (χ4n) is 2.73. The molecule has 0 aromatic heterocycles. The summed E-state index contributed by atoms with van der Waals surface area (Å²) in [6, 6.07) is 4.80. The lowest BCUT2D eigenvalue weighted by Gasteiger charge is -2.29. The topological polar surface area (TPSA) is 72.2 Å². The van der Waals surface area contributed by atoms with Gasteiger partial charge in [0.2, 0.25) is 0 Å². The van der Waals surface area contributed by atoms with Crippen molar-refractivity contribution in [3.63, 3.8) is 0 Å². The third-order valence-corrected chi connectivity index (χ3v) is 4.10. The average Bonchev–Trinajstić information content (AvgIpc) is 2.41. The number of nitrogens with zero attached hydrogens (tertiary/aromatic N) is 1. The fourth-order valence-corrected chi connectivity index (χ4v) is 2.73. The molecule has 0 spiro atoms. The third kappa shape index (κ3) is 3.15. The number of hydrogen-bond donors (Lipinski definition) is 1. The van der Waals surface area contributed by atoms with Gasteiger partial charge < -0.3 is 5.32 Å². The highest BCUT2D eigenvalue weighted by Gasteiger charge is 2.24. The van der Waals surface area contributed by atoms with E-state index < -0.39 is 4.92 Å². The first-order chi connectivity index (χ1) is 9.49. The Labute approximate surface area is 118 Å². The second-order valence-electron chi connectivity index (χ2n) is 5.60. The molecule has 0 bridgehead atoms. The molecule has 0 radical (unpaired) electrons. The van der Waals surface area contributed by atoms with Crippen molar-refractivity contribution >= 4 is 11.6 Å². The minimum absolute atomic E-state index is 0.00524. The Morgan fingerprint density at radius 1 is 1.35 bits per heavy atom. The van der Waals surface area contributed by atoms with Gasteiger partial charge in [0, 0.05) is 23.2 Å². The number of hydrogen-bond acceptors (Lipinski definition) is 3. The van der Waals surface area contributed by atoms with Gasteiger partial charge in [-0.1, -0.05) is 25.8 Å². The maximum Gasteiger partial charge on any atom is 0.273 e. The largest absolute Gasteiger partial charge is 0.349 e. The molecule has 1 aliphatic rings. The van der Waals surface area contributed by atoms with Crippen LogP contribution in [-0.2, 0) is 0 Å². The molecule has 1 aromatic carbocycles. The molecule has 108 valence electrons. The van der Waals surface area contributed by atoms with E-state index in [2.05, 4.69) is 12.2 Å². The zero-order valence-corrected chi connectivity index (χ0v) is 11.9. The van der Waals surface area contributed by atoms with Crippen molar-refractivity contribution in [3.8, 4) is 0 Å². The lowest BCUT2D eigenvalue weighted by molar-refractivity contribution is -0.385. The van der Waals surface area contributed by atoms with Crippen LogP contribution in [-0.4, -0.2) is 16.9 Å². The van der Waals surface area contributed by atoms with Crippen molar-refractivity contribution in [3.05, 3.63) is 39.4 Å². The molecule has 0 saturated heterocycles. The SMILES string of the molecule is Cc1ccc(C(=O)NC2CCCCC2C)cc1[N+](=O)[O-]. The molecular formula is C15H20N2O3. The summed E-state index contributed by atoms with van der Waals surface area (Å²) in [5.74, 6) is 0.250. The zero-order valence-electron chi connectivity index (χ0n) is 11.9. The number of carbonyl (C=O) groups excluding carboxylic acids is 1. The normalized spacial score (nSPS) is 22.3. The van der Waals surface area contributed by atoms with Crippen LogP contribution in [0.1, 0.15) is 48.5 Å². The molecule has 1 fully saturated rings. The highest BCUT2D eigenvalue weighted by atomic mass is 16.6. The van der Waals surface area contributed by atoms with Crippen molar-refractivity contribution in [1.29, 1.82) is 0 Å². The van der Waals surface area contributed by atoms with Crippen molar-refractivity contribution in [1.82, 2.24) is 5.32 Å². The van der Waals surface area contributed by atoms with E-state index in [1.807, 2.05) is 0 Å². The summed E-state index contributed by atoms with van der Waals surface area (Å²) in [6.45, 7) is 3.81. The molecule has 2 unspecified atom stereocenters. The Balaban J connectivity index is 2.13. The Kier molecular flexibility index (Phi) is 4.37. The van der Waals surface area contributed by atoms with Crippen LogP contribution in [0.2, 0.25) is 0 Å². The first kappa shape index (κ1) is 14.5. The smallest absolute Gasteiger partial charge is 0.273 e. The molecule has 1 N–H and O–H groups in total. The summed E-state index contributed by atoms with van der Waals surface area (Å²) in [4.78, 5) is 22.7. The molecule has 1 saturated carbocycles. The van der Waals surface area contributed by atoms with Crippen molar-refractivity contribution in [2.24, 2.45) is 5.92 Å². The summed E-state index contributed by atoms with van der Waals surface area (Å²) in [6.07, 6.45) is 4.45. The van der Waals surface area contributed by atoms with E-state index in [9.17, 15) is 14.9 Å². The number of nitro groups is 1. The maximum absolute atomic E-state index is 12.2. The first-order valence-corrected chi connectivity index (χ1v) is 7.05. The number of aryl methyl sites for hydroxylation is 1. The van der Waals surface area contributed by atoms with E-state index >= 15 is 0 Å². The minimum Gasteiger partial charge on any atom is -0.349 e. The number of nitrogens with one attached hydrogen (secondary N) is 1. The van der Waals surface area contributed by atoms with Crippen LogP contribution in [0.5, 0.6) is 0 Å². The Morgan fingerprint density at radius 3 is 2.70 bits per heavy atom. The van der Waals surface area contributed by atoms with Gasteiger partial charge in [0.05, 0.1) is 4.92 Å². The zero-order chi connectivity index (χ0) is 14.7. The first-order valence-electron chi connectivity index (χ1n) is 7.05. The van der Waals surface area contributed by atoms with E-state index in [4.69, 9.17) is 0 Å². The van der Waals surface area contributed by atoms with E-state index in [-0.39, 0.29) is 17.6 Å². The van der Waals surface area contributed by atoms with E-state index in [0.29, 0.717) is 17.0 Å². The average molecular weight is 276 g/mol. The quantitative estimate of drug-likeness (QED) is 0.680. The highest BCUT2D eigenvalue weighted by Crippen LogP contribution is 2.24. The molecule has 1 amide bonds. The third-order valence-electron chi connectivity index (χ3n) is 4.10. The summed E-state index contributed by atoms with van der Waals surface area (Å²) >= 11 is 0. The van der Waals surface area contributed by atoms with E-state index in [0.717, 1.165) is 19.3 Å². The molecule has 20 heavy (non-hydrogen) atoms. The van der Waals surface area contributed by atoms with Crippen LogP contribution in [0, 0.1) is 23.0 Å². The van der Waals surface area contributed by atoms with Crippen LogP contribution in [0.15, 0.2) is 18.2 Å². The lowest BCUT2D eigenvalue weighted by Crippen LogP contribution is -2.41. The number of nitro benzene ring substituents is 1. The second kappa shape index (κ2) is 6.03. The standard InChI is InChI=1S/C15H20N2O3/c1-10-5-3-4-6-13(10)16-15(18)12-8-7-11(2)14(9-12)17(19)20/h7-10,13H,3-6H2,1-2H3,(H,16,18). The Bertz CT molecular complexity index is 528. The molecule has 0 heterocycles. The lowest BCUT2D eigenvalue weighted by atomic mass is 9.86. The molecule has 1 aromatic rings. The molecule has 0 aliphatic heterocycles. The maximum atomic E-state index is 12.2. The van der Waals surface area contributed by atoms with Crippen LogP contribution in [0.4, 0.5) is 5.69 Å². The highest BCUT2D eigenvalue weighted by molar-refractivity contribution is 5.95. The van der Waals surface area contributed by atoms with Gasteiger partial charge in [-0.05, 0) is 31.7 Å². The van der Waals surface area contributed by atoms with Gasteiger partial charge in [-0.25, -0.2) is 0 Å². The van der Waals surface area contributed by atoms with Gasteiger partial charge >= 0.3 is 0 Å². The fraction of sp³-hybridized carbons (Fsp3) is 0.533. The number of carbonyl (C=O) groups is 1. The van der Waals surface area contributed by atoms with Crippen LogP contribution in [0.3, 0.4) is 0 Å². The summed E-state index contributed by atoms with van der Waals surface area (Å²) in [5.41, 5.74) is 0.923. The van der Waals surface area contributed by atoms with E-state index in [1.165, 1.54) is 12.5 Å². The summed E-state index contributed by atoms with van der Waals surface area (Å²) in [7, 11) is 0. The molecule has 2 rings (SSSR count). The predicted molar refractivity (Wildman–Crippen MR) is 76.7 cm³/mol. The van der Waals surface area contributed by atoms with Crippen LogP contribution >= 0.6 is 0 Å². The van der Waals surface area contributed by atoms with Gasteiger partial charge in [-0.15, -0.1) is 0 Å². The van der Waals surface area contributed by atoms with Gasteiger partial charge in [0.25, 0.3) is 11.6 Å². The number of rotatable bonds is 3. The molecule has 2 atom stereocenters. The van der Waals surface area contributed by atoms with Crippen LogP contribution < -0.4 is 5.32 Å². The van der Waals surface area contributed by atoms with Gasteiger partial charge in [-0.3, -0.25) is 14.9 Å². The van der Waals surface area contributed by atoms with Gasteiger partial charge in [0.1, 0.15) is 0 Å².